The number of fused-ring (bicyclic) bond motifs is 1. The quantitative estimate of drug-likeness (QED) is 0.795. The molecule has 0 saturated carbocycles. The summed E-state index contributed by atoms with van der Waals surface area (Å²) >= 11 is 1.73. The van der Waals surface area contributed by atoms with E-state index in [1.54, 1.807) is 11.8 Å². The van der Waals surface area contributed by atoms with E-state index < -0.39 is 5.60 Å². The first-order valence-electron chi connectivity index (χ1n) is 7.57. The molecule has 114 valence electrons. The van der Waals surface area contributed by atoms with Crippen LogP contribution >= 0.6 is 11.8 Å². The average molecular weight is 306 g/mol. The van der Waals surface area contributed by atoms with Gasteiger partial charge < -0.3 is 15.7 Å². The fourth-order valence-electron chi connectivity index (χ4n) is 2.96. The van der Waals surface area contributed by atoms with E-state index >= 15 is 0 Å². The number of aryl methyl sites for hydroxylation is 2. The SMILES string of the molecule is O=C(NCc1ccc2c(c1)CCC2)NCC1(O)CCSC1. The maximum Gasteiger partial charge on any atom is 0.315 e. The Balaban J connectivity index is 1.45. The second kappa shape index (κ2) is 6.28. The highest BCUT2D eigenvalue weighted by Crippen LogP contribution is 2.27. The average Bonchev–Trinajstić information content (AvgIpc) is 3.11. The molecule has 0 radical (unpaired) electrons. The summed E-state index contributed by atoms with van der Waals surface area (Å²) < 4.78 is 0. The van der Waals surface area contributed by atoms with Gasteiger partial charge in [-0.15, -0.1) is 0 Å². The van der Waals surface area contributed by atoms with Gasteiger partial charge in [-0.3, -0.25) is 0 Å². The van der Waals surface area contributed by atoms with Gasteiger partial charge in [0.1, 0.15) is 0 Å². The van der Waals surface area contributed by atoms with Crippen LogP contribution in [0.15, 0.2) is 18.2 Å². The van der Waals surface area contributed by atoms with Crippen molar-refractivity contribution in [3.63, 3.8) is 0 Å². The highest BCUT2D eigenvalue weighted by Gasteiger charge is 2.31. The Morgan fingerprint density at radius 2 is 2.14 bits per heavy atom. The minimum Gasteiger partial charge on any atom is -0.387 e. The van der Waals surface area contributed by atoms with Crippen LogP contribution in [0.4, 0.5) is 4.79 Å². The molecule has 2 aliphatic rings. The molecule has 1 atom stereocenters. The first kappa shape index (κ1) is 14.7. The van der Waals surface area contributed by atoms with Crippen LogP contribution in [0.1, 0.15) is 29.5 Å². The van der Waals surface area contributed by atoms with Gasteiger partial charge in [0.05, 0.1) is 5.60 Å². The number of amides is 2. The van der Waals surface area contributed by atoms with E-state index in [-0.39, 0.29) is 6.03 Å². The molecule has 3 N–H and O–H groups in total. The zero-order chi connectivity index (χ0) is 14.7. The van der Waals surface area contributed by atoms with Crippen molar-refractivity contribution >= 4 is 17.8 Å². The van der Waals surface area contributed by atoms with Crippen LogP contribution in [0.3, 0.4) is 0 Å². The standard InChI is InChI=1S/C16H22N2O2S/c19-15(18-10-16(20)6-7-21-11-16)17-9-12-4-5-13-2-1-3-14(13)8-12/h4-5,8,20H,1-3,6-7,9-11H2,(H2,17,18,19). The predicted octanol–water partition coefficient (Wildman–Crippen LogP) is 1.84. The first-order valence-corrected chi connectivity index (χ1v) is 8.73. The number of nitrogens with one attached hydrogen (secondary N) is 2. The summed E-state index contributed by atoms with van der Waals surface area (Å²) in [5, 5.41) is 15.8. The Kier molecular flexibility index (Phi) is 4.40. The molecular formula is C16H22N2O2S. The zero-order valence-corrected chi connectivity index (χ0v) is 13.0. The van der Waals surface area contributed by atoms with Crippen molar-refractivity contribution in [3.05, 3.63) is 34.9 Å². The summed E-state index contributed by atoms with van der Waals surface area (Å²) in [6.07, 6.45) is 4.33. The number of benzene rings is 1. The Morgan fingerprint density at radius 1 is 1.29 bits per heavy atom. The number of rotatable bonds is 4. The van der Waals surface area contributed by atoms with E-state index in [2.05, 4.69) is 28.8 Å². The highest BCUT2D eigenvalue weighted by molar-refractivity contribution is 7.99. The first-order chi connectivity index (χ1) is 10.1. The van der Waals surface area contributed by atoms with Crippen LogP contribution in [0.2, 0.25) is 0 Å². The van der Waals surface area contributed by atoms with Gasteiger partial charge in [0.2, 0.25) is 0 Å². The van der Waals surface area contributed by atoms with Gasteiger partial charge in [-0.1, -0.05) is 18.2 Å². The van der Waals surface area contributed by atoms with Crippen molar-refractivity contribution < 1.29 is 9.90 Å². The summed E-state index contributed by atoms with van der Waals surface area (Å²) in [5.41, 5.74) is 3.28. The molecule has 1 fully saturated rings. The number of aliphatic hydroxyl groups is 1. The van der Waals surface area contributed by atoms with Crippen molar-refractivity contribution in [2.75, 3.05) is 18.1 Å². The van der Waals surface area contributed by atoms with Crippen LogP contribution in [0, 0.1) is 0 Å². The number of hydrogen-bond donors (Lipinski definition) is 3. The van der Waals surface area contributed by atoms with Gasteiger partial charge in [0, 0.05) is 18.8 Å². The summed E-state index contributed by atoms with van der Waals surface area (Å²) in [5.74, 6) is 1.67. The van der Waals surface area contributed by atoms with Crippen molar-refractivity contribution in [3.8, 4) is 0 Å². The fraction of sp³-hybridized carbons (Fsp3) is 0.562. The third-order valence-corrected chi connectivity index (χ3v) is 5.51. The van der Waals surface area contributed by atoms with Crippen molar-refractivity contribution in [2.24, 2.45) is 0 Å². The van der Waals surface area contributed by atoms with Gasteiger partial charge in [-0.05, 0) is 48.1 Å². The highest BCUT2D eigenvalue weighted by atomic mass is 32.2. The van der Waals surface area contributed by atoms with Gasteiger partial charge >= 0.3 is 6.03 Å². The lowest BCUT2D eigenvalue weighted by Crippen LogP contribution is -2.46. The van der Waals surface area contributed by atoms with E-state index in [1.165, 1.54) is 24.0 Å². The molecule has 1 heterocycles. The number of carbonyl (C=O) groups is 1. The molecular weight excluding hydrogens is 284 g/mol. The number of urea groups is 1. The minimum absolute atomic E-state index is 0.208. The van der Waals surface area contributed by atoms with Gasteiger partial charge in [0.25, 0.3) is 0 Å². The zero-order valence-electron chi connectivity index (χ0n) is 12.2. The van der Waals surface area contributed by atoms with Gasteiger partial charge in [-0.2, -0.15) is 11.8 Å². The largest absolute Gasteiger partial charge is 0.387 e. The van der Waals surface area contributed by atoms with E-state index in [1.807, 2.05) is 0 Å². The third kappa shape index (κ3) is 3.71. The minimum atomic E-state index is -0.727. The second-order valence-electron chi connectivity index (χ2n) is 6.02. The van der Waals surface area contributed by atoms with Crippen LogP contribution in [0.25, 0.3) is 0 Å². The predicted molar refractivity (Wildman–Crippen MR) is 85.6 cm³/mol. The molecule has 1 aliphatic heterocycles. The maximum absolute atomic E-state index is 11.8. The Labute approximate surface area is 129 Å². The molecule has 3 rings (SSSR count). The molecule has 2 amide bonds. The maximum atomic E-state index is 11.8. The van der Waals surface area contributed by atoms with E-state index in [0.29, 0.717) is 18.8 Å². The van der Waals surface area contributed by atoms with E-state index in [0.717, 1.165) is 24.2 Å². The van der Waals surface area contributed by atoms with Crippen LogP contribution in [-0.4, -0.2) is 34.8 Å². The Bertz CT molecular complexity index is 527. The van der Waals surface area contributed by atoms with Crippen LogP contribution < -0.4 is 10.6 Å². The summed E-state index contributed by atoms with van der Waals surface area (Å²) in [4.78, 5) is 11.8. The molecule has 0 bridgehead atoms. The lowest BCUT2D eigenvalue weighted by atomic mass is 10.0. The molecule has 1 saturated heterocycles. The lowest BCUT2D eigenvalue weighted by Gasteiger charge is -2.21. The topological polar surface area (TPSA) is 61.4 Å². The second-order valence-corrected chi connectivity index (χ2v) is 7.12. The monoisotopic (exact) mass is 306 g/mol. The third-order valence-electron chi connectivity index (χ3n) is 4.28. The molecule has 1 aromatic carbocycles. The lowest BCUT2D eigenvalue weighted by molar-refractivity contribution is 0.0700. The molecule has 4 nitrogen and oxygen atoms in total. The van der Waals surface area contributed by atoms with Crippen molar-refractivity contribution in [2.45, 2.75) is 37.8 Å². The Hall–Kier alpha value is -1.20. The van der Waals surface area contributed by atoms with E-state index in [4.69, 9.17) is 0 Å². The van der Waals surface area contributed by atoms with Crippen LogP contribution in [0.5, 0.6) is 0 Å². The molecule has 0 aromatic heterocycles. The Morgan fingerprint density at radius 3 is 2.95 bits per heavy atom. The van der Waals surface area contributed by atoms with Gasteiger partial charge in [-0.25, -0.2) is 4.79 Å². The molecule has 5 heteroatoms. The molecule has 1 aliphatic carbocycles. The summed E-state index contributed by atoms with van der Waals surface area (Å²) in [6, 6.07) is 6.26. The molecule has 1 unspecified atom stereocenters. The number of carbonyl (C=O) groups excluding carboxylic acids is 1. The molecule has 0 spiro atoms. The van der Waals surface area contributed by atoms with Crippen molar-refractivity contribution in [1.82, 2.24) is 10.6 Å². The normalized spacial score (nSPS) is 23.9. The number of hydrogen-bond acceptors (Lipinski definition) is 3. The molecule has 21 heavy (non-hydrogen) atoms. The van der Waals surface area contributed by atoms with Gasteiger partial charge in [0.15, 0.2) is 0 Å². The number of thioether (sulfide) groups is 1. The fourth-order valence-corrected chi connectivity index (χ4v) is 4.26. The van der Waals surface area contributed by atoms with Crippen LogP contribution in [-0.2, 0) is 19.4 Å². The molecule has 1 aromatic rings. The smallest absolute Gasteiger partial charge is 0.315 e. The van der Waals surface area contributed by atoms with Crippen molar-refractivity contribution in [1.29, 1.82) is 0 Å². The summed E-state index contributed by atoms with van der Waals surface area (Å²) in [7, 11) is 0. The summed E-state index contributed by atoms with van der Waals surface area (Å²) in [6.45, 7) is 0.863. The van der Waals surface area contributed by atoms with E-state index in [9.17, 15) is 9.90 Å².